The number of hydrogen-bond acceptors (Lipinski definition) is 5. The Morgan fingerprint density at radius 3 is 2.69 bits per heavy atom. The van der Waals surface area contributed by atoms with Gasteiger partial charge in [-0.1, -0.05) is 22.6 Å². The quantitative estimate of drug-likeness (QED) is 0.443. The van der Waals surface area contributed by atoms with E-state index in [-0.39, 0.29) is 10.5 Å². The fraction of sp³-hybridized carbons (Fsp3) is 1.00. The molecule has 0 aliphatic carbocycles. The number of halogens is 1. The average Bonchev–Trinajstić information content (AvgIpc) is 2.15. The molecule has 0 spiro atoms. The lowest BCUT2D eigenvalue weighted by Crippen LogP contribution is -2.60. The third-order valence-electron chi connectivity index (χ3n) is 2.13. The van der Waals surface area contributed by atoms with Crippen LogP contribution in [-0.4, -0.2) is 52.4 Å². The van der Waals surface area contributed by atoms with Crippen LogP contribution in [0.3, 0.4) is 0 Å². The van der Waals surface area contributed by atoms with E-state index in [2.05, 4.69) is 0 Å². The molecule has 4 N–H and O–H groups in total. The Balaban J connectivity index is 2.66. The third-order valence-corrected chi connectivity index (χ3v) is 3.46. The van der Waals surface area contributed by atoms with Gasteiger partial charge in [0.2, 0.25) is 0 Å². The van der Waals surface area contributed by atoms with Gasteiger partial charge in [-0.05, 0) is 0 Å². The van der Waals surface area contributed by atoms with E-state index in [0.29, 0.717) is 0 Å². The monoisotopic (exact) mass is 303 g/mol. The summed E-state index contributed by atoms with van der Waals surface area (Å²) < 4.78 is 10.1. The van der Waals surface area contributed by atoms with E-state index in [4.69, 9.17) is 20.3 Å². The summed E-state index contributed by atoms with van der Waals surface area (Å²) in [6, 6.07) is -0.557. The van der Waals surface area contributed by atoms with Gasteiger partial charge in [-0.3, -0.25) is 0 Å². The fourth-order valence-electron chi connectivity index (χ4n) is 1.28. The minimum atomic E-state index is -0.712. The Morgan fingerprint density at radius 1 is 1.62 bits per heavy atom. The molecule has 0 aromatic rings. The molecule has 1 aliphatic rings. The molecule has 0 radical (unpaired) electrons. The van der Waals surface area contributed by atoms with Crippen molar-refractivity contribution in [3.05, 3.63) is 0 Å². The molecule has 1 rings (SSSR count). The Hall–Kier alpha value is 0.530. The average molecular weight is 303 g/mol. The normalized spacial score (nSPS) is 46.4. The molecule has 5 unspecified atom stereocenters. The van der Waals surface area contributed by atoms with E-state index in [0.717, 1.165) is 0 Å². The van der Waals surface area contributed by atoms with Crippen LogP contribution in [0.5, 0.6) is 0 Å². The van der Waals surface area contributed by atoms with E-state index in [9.17, 15) is 5.11 Å². The number of methoxy groups -OCH3 is 1. The maximum absolute atomic E-state index is 9.65. The molecule has 0 aromatic heterocycles. The molecule has 0 saturated carbocycles. The lowest BCUT2D eigenvalue weighted by molar-refractivity contribution is -0.209. The summed E-state index contributed by atoms with van der Waals surface area (Å²) in [7, 11) is 1.49. The largest absolute Gasteiger partial charge is 0.394 e. The maximum atomic E-state index is 9.65. The molecule has 0 amide bonds. The molecule has 1 aliphatic heterocycles. The number of nitrogens with two attached hydrogens (primary N) is 1. The summed E-state index contributed by atoms with van der Waals surface area (Å²) in [6.07, 6.45) is -1.77. The summed E-state index contributed by atoms with van der Waals surface area (Å²) in [4.78, 5) is 0. The van der Waals surface area contributed by atoms with Crippen LogP contribution in [0.15, 0.2) is 0 Å². The van der Waals surface area contributed by atoms with E-state index in [1.807, 2.05) is 22.6 Å². The first-order valence-electron chi connectivity index (χ1n) is 3.98. The van der Waals surface area contributed by atoms with Gasteiger partial charge >= 0.3 is 0 Å². The van der Waals surface area contributed by atoms with Crippen molar-refractivity contribution in [2.45, 2.75) is 28.5 Å². The van der Waals surface area contributed by atoms with Crippen LogP contribution in [0.1, 0.15) is 0 Å². The van der Waals surface area contributed by atoms with E-state index in [1.54, 1.807) is 0 Å². The predicted octanol–water partition coefficient (Wildman–Crippen LogP) is -1.16. The van der Waals surface area contributed by atoms with Crippen molar-refractivity contribution in [2.24, 2.45) is 5.73 Å². The molecule has 78 valence electrons. The topological polar surface area (TPSA) is 84.9 Å². The maximum Gasteiger partial charge on any atom is 0.171 e. The van der Waals surface area contributed by atoms with Crippen molar-refractivity contribution < 1.29 is 19.7 Å². The fourth-order valence-corrected chi connectivity index (χ4v) is 2.22. The minimum Gasteiger partial charge on any atom is -0.394 e. The number of ether oxygens (including phenoxy) is 2. The van der Waals surface area contributed by atoms with Gasteiger partial charge in [0, 0.05) is 7.11 Å². The number of rotatable bonds is 2. The summed E-state index contributed by atoms with van der Waals surface area (Å²) in [6.45, 7) is -0.207. The van der Waals surface area contributed by atoms with Gasteiger partial charge < -0.3 is 25.4 Å². The second-order valence-corrected chi connectivity index (χ2v) is 4.41. The van der Waals surface area contributed by atoms with Crippen LogP contribution in [0.2, 0.25) is 0 Å². The van der Waals surface area contributed by atoms with Gasteiger partial charge in [-0.25, -0.2) is 0 Å². The van der Waals surface area contributed by atoms with Crippen LogP contribution in [0, 0.1) is 0 Å². The zero-order valence-electron chi connectivity index (χ0n) is 7.26. The van der Waals surface area contributed by atoms with Gasteiger partial charge in [0.1, 0.15) is 6.10 Å². The molecule has 0 aromatic carbocycles. The van der Waals surface area contributed by atoms with E-state index < -0.39 is 24.5 Å². The summed E-state index contributed by atoms with van der Waals surface area (Å²) in [5.74, 6) is 0. The zero-order valence-corrected chi connectivity index (χ0v) is 9.42. The highest BCUT2D eigenvalue weighted by Crippen LogP contribution is 2.25. The molecule has 1 saturated heterocycles. The highest BCUT2D eigenvalue weighted by atomic mass is 127. The highest BCUT2D eigenvalue weighted by Gasteiger charge is 2.41. The highest BCUT2D eigenvalue weighted by molar-refractivity contribution is 14.1. The smallest absolute Gasteiger partial charge is 0.171 e. The minimum absolute atomic E-state index is 0.207. The molecule has 5 nitrogen and oxygen atoms in total. The molecule has 0 bridgehead atoms. The lowest BCUT2D eigenvalue weighted by Gasteiger charge is -2.39. The Labute approximate surface area is 90.3 Å². The van der Waals surface area contributed by atoms with Gasteiger partial charge in [-0.15, -0.1) is 0 Å². The van der Waals surface area contributed by atoms with Crippen molar-refractivity contribution >= 4 is 22.6 Å². The SMILES string of the molecule is COC1OC(CO)C(N)C(O)C1I. The van der Waals surface area contributed by atoms with E-state index >= 15 is 0 Å². The van der Waals surface area contributed by atoms with E-state index in [1.165, 1.54) is 7.11 Å². The van der Waals surface area contributed by atoms with Crippen molar-refractivity contribution in [1.82, 2.24) is 0 Å². The van der Waals surface area contributed by atoms with Crippen LogP contribution in [0.4, 0.5) is 0 Å². The summed E-state index contributed by atoms with van der Waals surface area (Å²) in [5, 5.41) is 18.6. The van der Waals surface area contributed by atoms with Crippen LogP contribution in [-0.2, 0) is 9.47 Å². The van der Waals surface area contributed by atoms with Crippen molar-refractivity contribution in [3.8, 4) is 0 Å². The van der Waals surface area contributed by atoms with Crippen LogP contribution >= 0.6 is 22.6 Å². The van der Waals surface area contributed by atoms with Crippen molar-refractivity contribution in [1.29, 1.82) is 0 Å². The number of alkyl halides is 1. The number of aliphatic hydroxyl groups is 2. The second kappa shape index (κ2) is 4.85. The summed E-state index contributed by atoms with van der Waals surface area (Å²) in [5.41, 5.74) is 5.64. The Morgan fingerprint density at radius 2 is 2.23 bits per heavy atom. The molecule has 6 heteroatoms. The van der Waals surface area contributed by atoms with Gasteiger partial charge in [0.15, 0.2) is 6.29 Å². The van der Waals surface area contributed by atoms with Crippen LogP contribution in [0.25, 0.3) is 0 Å². The predicted molar refractivity (Wildman–Crippen MR) is 54.5 cm³/mol. The van der Waals surface area contributed by atoms with Gasteiger partial charge in [0.25, 0.3) is 0 Å². The Kier molecular flexibility index (Phi) is 4.33. The molecular formula is C7H14INO4. The van der Waals surface area contributed by atoms with Crippen molar-refractivity contribution in [3.63, 3.8) is 0 Å². The number of aliphatic hydroxyl groups excluding tert-OH is 2. The Bertz CT molecular complexity index is 151. The zero-order chi connectivity index (χ0) is 10.0. The second-order valence-electron chi connectivity index (χ2n) is 2.97. The van der Waals surface area contributed by atoms with Gasteiger partial charge in [-0.2, -0.15) is 0 Å². The first-order valence-corrected chi connectivity index (χ1v) is 5.23. The molecule has 1 fully saturated rings. The van der Waals surface area contributed by atoms with Crippen LogP contribution < -0.4 is 5.73 Å². The third kappa shape index (κ3) is 2.31. The first-order chi connectivity index (χ1) is 6.11. The lowest BCUT2D eigenvalue weighted by atomic mass is 10.00. The molecule has 1 heterocycles. The standard InChI is InChI=1S/C7H14INO4/c1-12-7-4(8)6(11)5(9)3(2-10)13-7/h3-7,10-11H,2,9H2,1H3. The first kappa shape index (κ1) is 11.6. The van der Waals surface area contributed by atoms with Gasteiger partial charge in [0.05, 0.1) is 22.7 Å². The molecule has 5 atom stereocenters. The summed E-state index contributed by atoms with van der Waals surface area (Å²) >= 11 is 2.02. The van der Waals surface area contributed by atoms with Crippen molar-refractivity contribution in [2.75, 3.05) is 13.7 Å². The molecular weight excluding hydrogens is 289 g/mol. The number of hydrogen-bond donors (Lipinski definition) is 3. The molecule has 13 heavy (non-hydrogen) atoms.